The van der Waals surface area contributed by atoms with E-state index in [4.69, 9.17) is 0 Å². The van der Waals surface area contributed by atoms with E-state index < -0.39 is 0 Å². The summed E-state index contributed by atoms with van der Waals surface area (Å²) in [6.45, 7) is 0. The van der Waals surface area contributed by atoms with Gasteiger partial charge in [-0.05, 0) is 35.4 Å². The van der Waals surface area contributed by atoms with Crippen LogP contribution in [-0.4, -0.2) is 16.1 Å². The number of H-pyrrole nitrogens is 1. The van der Waals surface area contributed by atoms with Crippen LogP contribution in [0.3, 0.4) is 0 Å². The minimum absolute atomic E-state index is 0.257. The van der Waals surface area contributed by atoms with Gasteiger partial charge in [0.25, 0.3) is 5.91 Å². The predicted molar refractivity (Wildman–Crippen MR) is 104 cm³/mol. The topological polar surface area (TPSA) is 57.8 Å². The number of nitrogens with one attached hydrogen (secondary N) is 2. The fourth-order valence-electron chi connectivity index (χ4n) is 2.82. The number of nitrogens with zero attached hydrogens (tertiary/aromatic N) is 1. The second-order valence-corrected chi connectivity index (χ2v) is 6.07. The average Bonchev–Trinajstić information content (AvgIpc) is 3.17. The minimum Gasteiger partial charge on any atom is -0.305 e. The molecule has 0 bridgehead atoms. The zero-order valence-corrected chi connectivity index (χ0v) is 14.3. The second kappa shape index (κ2) is 7.25. The third-order valence-electron chi connectivity index (χ3n) is 4.21. The first-order chi connectivity index (χ1) is 13.2. The van der Waals surface area contributed by atoms with Gasteiger partial charge in [0, 0.05) is 17.2 Å². The van der Waals surface area contributed by atoms with E-state index in [-0.39, 0.29) is 11.7 Å². The first kappa shape index (κ1) is 16.7. The number of halogens is 1. The lowest BCUT2D eigenvalue weighted by Crippen LogP contribution is -2.11. The molecule has 3 aromatic carbocycles. The summed E-state index contributed by atoms with van der Waals surface area (Å²) in [5.74, 6) is -0.204. The van der Waals surface area contributed by atoms with Gasteiger partial charge in [-0.25, -0.2) is 4.39 Å². The smallest absolute Gasteiger partial charge is 0.256 e. The number of hydrogen-bond acceptors (Lipinski definition) is 2. The fourth-order valence-corrected chi connectivity index (χ4v) is 2.82. The van der Waals surface area contributed by atoms with Crippen LogP contribution in [0.15, 0.2) is 84.9 Å². The number of hydrogen-bond donors (Lipinski definition) is 2. The lowest BCUT2D eigenvalue weighted by atomic mass is 10.0. The van der Waals surface area contributed by atoms with Crippen LogP contribution in [0.1, 0.15) is 10.4 Å². The molecule has 0 aliphatic rings. The van der Waals surface area contributed by atoms with E-state index in [0.29, 0.717) is 22.6 Å². The molecule has 1 aromatic heterocycles. The van der Waals surface area contributed by atoms with Crippen LogP contribution >= 0.6 is 0 Å². The van der Waals surface area contributed by atoms with Crippen molar-refractivity contribution in [3.8, 4) is 22.4 Å². The normalized spacial score (nSPS) is 10.6. The summed E-state index contributed by atoms with van der Waals surface area (Å²) in [7, 11) is 0. The zero-order valence-electron chi connectivity index (χ0n) is 14.3. The molecule has 27 heavy (non-hydrogen) atoms. The maximum atomic E-state index is 13.3. The van der Waals surface area contributed by atoms with Crippen LogP contribution < -0.4 is 5.32 Å². The molecule has 4 aromatic rings. The number of aromatic amines is 1. The van der Waals surface area contributed by atoms with E-state index in [1.165, 1.54) is 12.1 Å². The predicted octanol–water partition coefficient (Wildman–Crippen LogP) is 5.14. The molecule has 132 valence electrons. The molecular weight excluding hydrogens is 341 g/mol. The van der Waals surface area contributed by atoms with Crippen molar-refractivity contribution in [2.45, 2.75) is 0 Å². The molecule has 1 amide bonds. The van der Waals surface area contributed by atoms with E-state index in [2.05, 4.69) is 15.5 Å². The summed E-state index contributed by atoms with van der Waals surface area (Å²) in [4.78, 5) is 12.4. The number of rotatable bonds is 4. The molecule has 1 heterocycles. The van der Waals surface area contributed by atoms with E-state index in [0.717, 1.165) is 11.1 Å². The number of amides is 1. The van der Waals surface area contributed by atoms with Crippen molar-refractivity contribution in [3.63, 3.8) is 0 Å². The molecule has 4 rings (SSSR count). The van der Waals surface area contributed by atoms with Gasteiger partial charge in [-0.1, -0.05) is 54.6 Å². The SMILES string of the molecule is O=C(Nc1cc(-c2cccc(F)c2)[nH]n1)c1ccc(-c2ccccc2)cc1. The highest BCUT2D eigenvalue weighted by atomic mass is 19.1. The van der Waals surface area contributed by atoms with Gasteiger partial charge in [-0.15, -0.1) is 0 Å². The van der Waals surface area contributed by atoms with E-state index in [9.17, 15) is 9.18 Å². The molecule has 0 aliphatic carbocycles. The van der Waals surface area contributed by atoms with Crippen molar-refractivity contribution in [2.75, 3.05) is 5.32 Å². The standard InChI is InChI=1S/C22H16FN3O/c23-19-8-4-7-18(13-19)20-14-21(26-25-20)24-22(27)17-11-9-16(10-12-17)15-5-2-1-3-6-15/h1-14H,(H2,24,25,26,27). The largest absolute Gasteiger partial charge is 0.305 e. The molecule has 0 fully saturated rings. The van der Waals surface area contributed by atoms with Gasteiger partial charge < -0.3 is 5.32 Å². The van der Waals surface area contributed by atoms with E-state index in [1.807, 2.05) is 42.5 Å². The third kappa shape index (κ3) is 3.77. The molecule has 5 heteroatoms. The molecule has 0 aliphatic heterocycles. The van der Waals surface area contributed by atoms with Gasteiger partial charge in [0.2, 0.25) is 0 Å². The zero-order chi connectivity index (χ0) is 18.6. The van der Waals surface area contributed by atoms with Gasteiger partial charge in [0.05, 0.1) is 5.69 Å². The molecule has 4 nitrogen and oxygen atoms in total. The van der Waals surface area contributed by atoms with Gasteiger partial charge in [0.1, 0.15) is 5.82 Å². The Morgan fingerprint density at radius 3 is 2.26 bits per heavy atom. The van der Waals surface area contributed by atoms with Gasteiger partial charge in [-0.2, -0.15) is 5.10 Å². The fraction of sp³-hybridized carbons (Fsp3) is 0. The van der Waals surface area contributed by atoms with Gasteiger partial charge in [0.15, 0.2) is 5.82 Å². The Balaban J connectivity index is 1.48. The molecule has 0 spiro atoms. The second-order valence-electron chi connectivity index (χ2n) is 6.07. The van der Waals surface area contributed by atoms with Crippen molar-refractivity contribution >= 4 is 11.7 Å². The lowest BCUT2D eigenvalue weighted by Gasteiger charge is -2.04. The summed E-state index contributed by atoms with van der Waals surface area (Å²) in [6.07, 6.45) is 0. The average molecular weight is 357 g/mol. The van der Waals surface area contributed by atoms with Crippen LogP contribution in [0.25, 0.3) is 22.4 Å². The first-order valence-electron chi connectivity index (χ1n) is 8.47. The molecule has 0 saturated carbocycles. The molecule has 0 unspecified atom stereocenters. The molecule has 0 radical (unpaired) electrons. The van der Waals surface area contributed by atoms with Crippen molar-refractivity contribution in [3.05, 3.63) is 96.3 Å². The number of aromatic nitrogens is 2. The van der Waals surface area contributed by atoms with Crippen LogP contribution in [0.4, 0.5) is 10.2 Å². The Bertz CT molecular complexity index is 1070. The Hall–Kier alpha value is -3.73. The van der Waals surface area contributed by atoms with Crippen LogP contribution in [0.2, 0.25) is 0 Å². The summed E-state index contributed by atoms with van der Waals surface area (Å²) >= 11 is 0. The summed E-state index contributed by atoms with van der Waals surface area (Å²) in [5, 5.41) is 9.63. The highest BCUT2D eigenvalue weighted by molar-refractivity contribution is 6.04. The highest BCUT2D eigenvalue weighted by Crippen LogP contribution is 2.22. The van der Waals surface area contributed by atoms with Crippen LogP contribution in [0, 0.1) is 5.82 Å². The van der Waals surface area contributed by atoms with Gasteiger partial charge >= 0.3 is 0 Å². The van der Waals surface area contributed by atoms with Crippen LogP contribution in [0.5, 0.6) is 0 Å². The molecule has 0 atom stereocenters. The Labute approximate surface area is 155 Å². The van der Waals surface area contributed by atoms with Crippen molar-refractivity contribution in [1.82, 2.24) is 10.2 Å². The monoisotopic (exact) mass is 357 g/mol. The minimum atomic E-state index is -0.328. The van der Waals surface area contributed by atoms with Crippen molar-refractivity contribution in [1.29, 1.82) is 0 Å². The van der Waals surface area contributed by atoms with Crippen molar-refractivity contribution in [2.24, 2.45) is 0 Å². The van der Waals surface area contributed by atoms with E-state index in [1.54, 1.807) is 30.3 Å². The Morgan fingerprint density at radius 2 is 1.52 bits per heavy atom. The summed E-state index contributed by atoms with van der Waals surface area (Å²) in [5.41, 5.74) is 3.96. The number of carbonyl (C=O) groups is 1. The maximum Gasteiger partial charge on any atom is 0.256 e. The third-order valence-corrected chi connectivity index (χ3v) is 4.21. The highest BCUT2D eigenvalue weighted by Gasteiger charge is 2.10. The number of anilines is 1. The molecular formula is C22H16FN3O. The maximum absolute atomic E-state index is 13.3. The van der Waals surface area contributed by atoms with Crippen molar-refractivity contribution < 1.29 is 9.18 Å². The summed E-state index contributed by atoms with van der Waals surface area (Å²) in [6, 6.07) is 25.2. The number of carbonyl (C=O) groups excluding carboxylic acids is 1. The molecule has 2 N–H and O–H groups in total. The molecule has 0 saturated heterocycles. The Morgan fingerprint density at radius 1 is 0.815 bits per heavy atom. The van der Waals surface area contributed by atoms with E-state index >= 15 is 0 Å². The summed E-state index contributed by atoms with van der Waals surface area (Å²) < 4.78 is 13.3. The Kier molecular flexibility index (Phi) is 4.49. The van der Waals surface area contributed by atoms with Gasteiger partial charge in [-0.3, -0.25) is 9.89 Å². The quantitative estimate of drug-likeness (QED) is 0.532. The first-order valence-corrected chi connectivity index (χ1v) is 8.47. The number of benzene rings is 3. The lowest BCUT2D eigenvalue weighted by molar-refractivity contribution is 0.102. The van der Waals surface area contributed by atoms with Crippen LogP contribution in [-0.2, 0) is 0 Å².